The summed E-state index contributed by atoms with van der Waals surface area (Å²) >= 11 is 0. The zero-order valence-electron chi connectivity index (χ0n) is 11.4. The van der Waals surface area contributed by atoms with E-state index in [2.05, 4.69) is 15.2 Å². The second kappa shape index (κ2) is 6.14. The first-order valence-corrected chi connectivity index (χ1v) is 6.59. The molecular formula is C13H20F2N4. The fourth-order valence-corrected chi connectivity index (χ4v) is 2.30. The summed E-state index contributed by atoms with van der Waals surface area (Å²) in [6.07, 6.45) is 2.47. The van der Waals surface area contributed by atoms with E-state index in [1.807, 2.05) is 0 Å². The Kier molecular flexibility index (Phi) is 4.52. The van der Waals surface area contributed by atoms with Crippen LogP contribution in [0.25, 0.3) is 0 Å². The van der Waals surface area contributed by atoms with Crippen LogP contribution < -0.4 is 10.2 Å². The molecular weight excluding hydrogens is 250 g/mol. The van der Waals surface area contributed by atoms with Gasteiger partial charge in [-0.25, -0.2) is 13.8 Å². The molecule has 19 heavy (non-hydrogen) atoms. The molecule has 1 fully saturated rings. The van der Waals surface area contributed by atoms with Crippen molar-refractivity contribution in [3.8, 4) is 0 Å². The van der Waals surface area contributed by atoms with E-state index in [9.17, 15) is 8.78 Å². The van der Waals surface area contributed by atoms with Crippen molar-refractivity contribution in [2.75, 3.05) is 50.5 Å². The Labute approximate surface area is 112 Å². The number of nitrogens with zero attached hydrogens (tertiary/aromatic N) is 3. The molecule has 2 heterocycles. The summed E-state index contributed by atoms with van der Waals surface area (Å²) in [4.78, 5) is 8.06. The Morgan fingerprint density at radius 3 is 2.63 bits per heavy atom. The molecule has 1 aliphatic heterocycles. The van der Waals surface area contributed by atoms with Gasteiger partial charge in [0.05, 0.1) is 0 Å². The lowest BCUT2D eigenvalue weighted by molar-refractivity contribution is 0.346. The van der Waals surface area contributed by atoms with Crippen LogP contribution in [0.5, 0.6) is 0 Å². The molecule has 4 nitrogen and oxygen atoms in total. The fraction of sp³-hybridized carbons (Fsp3) is 0.615. The summed E-state index contributed by atoms with van der Waals surface area (Å²) in [5.74, 6) is -1.04. The van der Waals surface area contributed by atoms with E-state index in [0.29, 0.717) is 6.54 Å². The number of hydrogen-bond acceptors (Lipinski definition) is 4. The largest absolute Gasteiger partial charge is 0.371 e. The van der Waals surface area contributed by atoms with E-state index in [0.717, 1.165) is 25.7 Å². The number of hydrogen-bond donors (Lipinski definition) is 1. The molecule has 6 heteroatoms. The minimum Gasteiger partial charge on any atom is -0.371 e. The van der Waals surface area contributed by atoms with Crippen molar-refractivity contribution in [1.82, 2.24) is 9.88 Å². The van der Waals surface area contributed by atoms with Crippen LogP contribution in [-0.2, 0) is 0 Å². The van der Waals surface area contributed by atoms with E-state index >= 15 is 0 Å². The van der Waals surface area contributed by atoms with Gasteiger partial charge >= 0.3 is 0 Å². The summed E-state index contributed by atoms with van der Waals surface area (Å²) in [6.45, 7) is 3.77. The summed E-state index contributed by atoms with van der Waals surface area (Å²) in [5.41, 5.74) is 0. The Hall–Kier alpha value is -1.43. The van der Waals surface area contributed by atoms with Gasteiger partial charge in [0, 0.05) is 33.3 Å². The summed E-state index contributed by atoms with van der Waals surface area (Å²) in [7, 11) is 3.34. The highest BCUT2D eigenvalue weighted by Gasteiger charge is 2.16. The summed E-state index contributed by atoms with van der Waals surface area (Å²) < 4.78 is 27.1. The maximum Gasteiger partial charge on any atom is 0.168 e. The Bertz CT molecular complexity index is 433. The van der Waals surface area contributed by atoms with E-state index in [1.54, 1.807) is 19.0 Å². The molecule has 2 rings (SSSR count). The van der Waals surface area contributed by atoms with Gasteiger partial charge in [0.25, 0.3) is 0 Å². The molecule has 106 valence electrons. The lowest BCUT2D eigenvalue weighted by atomic mass is 10.3. The molecule has 0 atom stereocenters. The third-order valence-electron chi connectivity index (χ3n) is 3.46. The van der Waals surface area contributed by atoms with Gasteiger partial charge in [0.1, 0.15) is 0 Å². The molecule has 0 spiro atoms. The van der Waals surface area contributed by atoms with Crippen LogP contribution in [0.1, 0.15) is 12.8 Å². The van der Waals surface area contributed by atoms with Gasteiger partial charge in [0.2, 0.25) is 0 Å². The number of likely N-dealkylation sites (tertiary alicyclic amines) is 1. The molecule has 0 radical (unpaired) electrons. The molecule has 0 aliphatic carbocycles. The lowest BCUT2D eigenvalue weighted by Gasteiger charge is -2.23. The number of pyridine rings is 1. The monoisotopic (exact) mass is 270 g/mol. The van der Waals surface area contributed by atoms with Gasteiger partial charge in [-0.2, -0.15) is 0 Å². The fourth-order valence-electron chi connectivity index (χ4n) is 2.30. The third-order valence-corrected chi connectivity index (χ3v) is 3.46. The first-order valence-electron chi connectivity index (χ1n) is 6.59. The quantitative estimate of drug-likeness (QED) is 0.886. The van der Waals surface area contributed by atoms with Crippen molar-refractivity contribution in [3.63, 3.8) is 0 Å². The Morgan fingerprint density at radius 1 is 1.32 bits per heavy atom. The lowest BCUT2D eigenvalue weighted by Crippen LogP contribution is -2.32. The predicted molar refractivity (Wildman–Crippen MR) is 72.6 cm³/mol. The van der Waals surface area contributed by atoms with E-state index in [4.69, 9.17) is 0 Å². The van der Waals surface area contributed by atoms with Crippen molar-refractivity contribution in [2.24, 2.45) is 0 Å². The second-order valence-electron chi connectivity index (χ2n) is 4.84. The highest BCUT2D eigenvalue weighted by atomic mass is 19.1. The second-order valence-corrected chi connectivity index (χ2v) is 4.84. The third kappa shape index (κ3) is 3.32. The average molecular weight is 270 g/mol. The normalized spacial score (nSPS) is 15.8. The van der Waals surface area contributed by atoms with Crippen molar-refractivity contribution in [1.29, 1.82) is 0 Å². The minimum absolute atomic E-state index is 0.0735. The van der Waals surface area contributed by atoms with E-state index in [-0.39, 0.29) is 11.6 Å². The van der Waals surface area contributed by atoms with Crippen molar-refractivity contribution >= 4 is 11.6 Å². The van der Waals surface area contributed by atoms with Crippen molar-refractivity contribution in [2.45, 2.75) is 12.8 Å². The van der Waals surface area contributed by atoms with Gasteiger partial charge in [0.15, 0.2) is 23.3 Å². The highest BCUT2D eigenvalue weighted by Crippen LogP contribution is 2.21. The Balaban J connectivity index is 2.02. The predicted octanol–water partition coefficient (Wildman–Crippen LogP) is 1.93. The molecule has 0 saturated carbocycles. The van der Waals surface area contributed by atoms with Crippen LogP contribution in [0.3, 0.4) is 0 Å². The molecule has 0 aromatic carbocycles. The summed E-state index contributed by atoms with van der Waals surface area (Å²) in [5, 5.41) is 2.63. The van der Waals surface area contributed by atoms with Gasteiger partial charge in [-0.05, 0) is 25.9 Å². The maximum absolute atomic E-state index is 13.7. The molecule has 1 saturated heterocycles. The number of likely N-dealkylation sites (N-methyl/N-ethyl adjacent to an activating group) is 1. The smallest absolute Gasteiger partial charge is 0.168 e. The van der Waals surface area contributed by atoms with Crippen LogP contribution in [0.2, 0.25) is 0 Å². The van der Waals surface area contributed by atoms with Crippen LogP contribution in [-0.4, -0.2) is 50.2 Å². The minimum atomic E-state index is -0.670. The zero-order valence-corrected chi connectivity index (χ0v) is 11.4. The number of nitrogens with one attached hydrogen (secondary N) is 1. The highest BCUT2D eigenvalue weighted by molar-refractivity contribution is 5.48. The number of aromatic nitrogens is 1. The standard InChI is InChI=1S/C13H20F2N4/c1-16-12-10(14)9-11(15)13(17-12)18(2)7-8-19-5-3-4-6-19/h9H,3-8H2,1-2H3,(H,16,17). The first-order chi connectivity index (χ1) is 9.11. The number of anilines is 2. The van der Waals surface area contributed by atoms with Gasteiger partial charge in [-0.3, -0.25) is 0 Å². The van der Waals surface area contributed by atoms with Crippen molar-refractivity contribution in [3.05, 3.63) is 17.7 Å². The topological polar surface area (TPSA) is 31.4 Å². The first kappa shape index (κ1) is 14.0. The molecule has 0 unspecified atom stereocenters. The molecule has 1 aromatic rings. The number of halogens is 2. The SMILES string of the molecule is CNc1nc(N(C)CCN2CCCC2)c(F)cc1F. The average Bonchev–Trinajstić information content (AvgIpc) is 2.89. The van der Waals surface area contributed by atoms with Crippen LogP contribution in [0.4, 0.5) is 20.4 Å². The van der Waals surface area contributed by atoms with E-state index < -0.39 is 11.6 Å². The molecule has 1 aromatic heterocycles. The molecule has 0 bridgehead atoms. The van der Waals surface area contributed by atoms with Crippen LogP contribution in [0.15, 0.2) is 6.07 Å². The van der Waals surface area contributed by atoms with Crippen molar-refractivity contribution < 1.29 is 8.78 Å². The number of rotatable bonds is 5. The summed E-state index contributed by atoms with van der Waals surface area (Å²) in [6, 6.07) is 0.876. The maximum atomic E-state index is 13.7. The van der Waals surface area contributed by atoms with Gasteiger partial charge < -0.3 is 15.1 Å². The van der Waals surface area contributed by atoms with Gasteiger partial charge in [-0.1, -0.05) is 0 Å². The van der Waals surface area contributed by atoms with Gasteiger partial charge in [-0.15, -0.1) is 0 Å². The zero-order chi connectivity index (χ0) is 13.8. The Morgan fingerprint density at radius 2 is 2.00 bits per heavy atom. The van der Waals surface area contributed by atoms with Crippen LogP contribution in [0, 0.1) is 11.6 Å². The molecule has 0 amide bonds. The molecule has 1 aliphatic rings. The van der Waals surface area contributed by atoms with Crippen LogP contribution >= 0.6 is 0 Å². The molecule has 1 N–H and O–H groups in total. The van der Waals surface area contributed by atoms with E-state index in [1.165, 1.54) is 12.8 Å².